The molecule has 0 saturated carbocycles. The predicted octanol–water partition coefficient (Wildman–Crippen LogP) is 0.687. The predicted molar refractivity (Wildman–Crippen MR) is 63.4 cm³/mol. The van der Waals surface area contributed by atoms with Crippen LogP contribution in [-0.4, -0.2) is 41.5 Å². The molecule has 0 radical (unpaired) electrons. The number of ether oxygens (including phenoxy) is 1. The van der Waals surface area contributed by atoms with E-state index in [4.69, 9.17) is 9.84 Å². The Bertz CT molecular complexity index is 398. The van der Waals surface area contributed by atoms with Gasteiger partial charge in [0.05, 0.1) is 12.2 Å². The minimum absolute atomic E-state index is 0.315. The highest BCUT2D eigenvalue weighted by molar-refractivity contribution is 7.10. The second kappa shape index (κ2) is 5.14. The zero-order chi connectivity index (χ0) is 12.3. The van der Waals surface area contributed by atoms with E-state index in [-0.39, 0.29) is 0 Å². The van der Waals surface area contributed by atoms with Crippen LogP contribution in [0.25, 0.3) is 0 Å². The van der Waals surface area contributed by atoms with Crippen molar-refractivity contribution in [3.63, 3.8) is 0 Å². The van der Waals surface area contributed by atoms with Gasteiger partial charge in [-0.25, -0.2) is 4.79 Å². The van der Waals surface area contributed by atoms with E-state index in [1.807, 2.05) is 0 Å². The van der Waals surface area contributed by atoms with Gasteiger partial charge < -0.3 is 20.3 Å². The highest BCUT2D eigenvalue weighted by Gasteiger charge is 2.31. The lowest BCUT2D eigenvalue weighted by Crippen LogP contribution is -2.40. The van der Waals surface area contributed by atoms with E-state index in [0.29, 0.717) is 38.3 Å². The van der Waals surface area contributed by atoms with Crippen molar-refractivity contribution in [2.45, 2.75) is 18.6 Å². The first-order valence-electron chi connectivity index (χ1n) is 5.41. The monoisotopic (exact) mass is 257 g/mol. The minimum atomic E-state index is -0.907. The van der Waals surface area contributed by atoms with Crippen molar-refractivity contribution < 1.29 is 19.7 Å². The molecule has 0 amide bonds. The van der Waals surface area contributed by atoms with Crippen molar-refractivity contribution in [2.75, 3.05) is 19.8 Å². The zero-order valence-corrected chi connectivity index (χ0v) is 10.1. The molecule has 0 aromatic carbocycles. The molecular weight excluding hydrogens is 242 g/mol. The number of rotatable bonds is 5. The van der Waals surface area contributed by atoms with Crippen LogP contribution in [0.1, 0.15) is 21.7 Å². The smallest absolute Gasteiger partial charge is 0.336 e. The fourth-order valence-corrected chi connectivity index (χ4v) is 2.57. The minimum Gasteiger partial charge on any atom is -0.478 e. The molecule has 0 bridgehead atoms. The molecular formula is C11H15NO4S. The van der Waals surface area contributed by atoms with Crippen LogP contribution in [0, 0.1) is 0 Å². The van der Waals surface area contributed by atoms with Crippen molar-refractivity contribution in [3.8, 4) is 0 Å². The average molecular weight is 257 g/mol. The molecule has 5 nitrogen and oxygen atoms in total. The van der Waals surface area contributed by atoms with Crippen LogP contribution in [0.3, 0.4) is 0 Å². The summed E-state index contributed by atoms with van der Waals surface area (Å²) in [6.07, 6.45) is 0.644. The van der Waals surface area contributed by atoms with Crippen molar-refractivity contribution in [3.05, 3.63) is 21.9 Å². The Morgan fingerprint density at radius 1 is 1.65 bits per heavy atom. The van der Waals surface area contributed by atoms with Gasteiger partial charge in [-0.1, -0.05) is 0 Å². The lowest BCUT2D eigenvalue weighted by atomic mass is 10.0. The van der Waals surface area contributed by atoms with E-state index < -0.39 is 11.6 Å². The highest BCUT2D eigenvalue weighted by Crippen LogP contribution is 2.18. The quantitative estimate of drug-likeness (QED) is 0.723. The summed E-state index contributed by atoms with van der Waals surface area (Å²) in [6, 6.07) is 1.65. The van der Waals surface area contributed by atoms with Crippen molar-refractivity contribution in [1.82, 2.24) is 5.32 Å². The number of hydrogen-bond acceptors (Lipinski definition) is 5. The Hall–Kier alpha value is -0.950. The van der Waals surface area contributed by atoms with E-state index in [2.05, 4.69) is 5.32 Å². The molecule has 1 atom stereocenters. The third-order valence-electron chi connectivity index (χ3n) is 2.74. The number of aromatic carboxylic acids is 1. The molecule has 17 heavy (non-hydrogen) atoms. The molecule has 1 aliphatic rings. The molecule has 2 rings (SSSR count). The Balaban J connectivity index is 1.79. The van der Waals surface area contributed by atoms with Crippen LogP contribution in [0.2, 0.25) is 0 Å². The van der Waals surface area contributed by atoms with E-state index in [0.717, 1.165) is 4.88 Å². The molecule has 0 spiro atoms. The molecule has 2 heterocycles. The maximum absolute atomic E-state index is 10.7. The van der Waals surface area contributed by atoms with Crippen molar-refractivity contribution in [1.29, 1.82) is 0 Å². The van der Waals surface area contributed by atoms with Gasteiger partial charge in [0, 0.05) is 36.4 Å². The Labute approximate surface area is 103 Å². The van der Waals surface area contributed by atoms with Gasteiger partial charge in [-0.3, -0.25) is 0 Å². The van der Waals surface area contributed by atoms with Gasteiger partial charge in [-0.2, -0.15) is 0 Å². The summed E-state index contributed by atoms with van der Waals surface area (Å²) < 4.78 is 5.13. The summed E-state index contributed by atoms with van der Waals surface area (Å²) in [6.45, 7) is 2.00. The van der Waals surface area contributed by atoms with Crippen LogP contribution >= 0.6 is 11.3 Å². The summed E-state index contributed by atoms with van der Waals surface area (Å²) in [7, 11) is 0. The topological polar surface area (TPSA) is 78.8 Å². The van der Waals surface area contributed by atoms with E-state index in [1.54, 1.807) is 11.4 Å². The number of carboxylic acids is 1. The Morgan fingerprint density at radius 2 is 2.47 bits per heavy atom. The molecule has 3 N–H and O–H groups in total. The molecule has 94 valence electrons. The molecule has 1 saturated heterocycles. The number of carbonyl (C=O) groups is 1. The highest BCUT2D eigenvalue weighted by atomic mass is 32.1. The summed E-state index contributed by atoms with van der Waals surface area (Å²) >= 11 is 1.40. The van der Waals surface area contributed by atoms with E-state index in [9.17, 15) is 9.90 Å². The Morgan fingerprint density at radius 3 is 3.06 bits per heavy atom. The second-order valence-corrected chi connectivity index (χ2v) is 5.23. The molecule has 0 aliphatic carbocycles. The first-order chi connectivity index (χ1) is 8.09. The fraction of sp³-hybridized carbons (Fsp3) is 0.545. The van der Waals surface area contributed by atoms with Crippen LogP contribution in [0.4, 0.5) is 0 Å². The Kier molecular flexibility index (Phi) is 3.78. The molecule has 1 aromatic rings. The first kappa shape index (κ1) is 12.5. The van der Waals surface area contributed by atoms with Gasteiger partial charge in [0.2, 0.25) is 0 Å². The van der Waals surface area contributed by atoms with Crippen LogP contribution in [0.15, 0.2) is 11.4 Å². The molecule has 1 aromatic heterocycles. The number of carboxylic acid groups (broad SMARTS) is 1. The van der Waals surface area contributed by atoms with Gasteiger partial charge in [0.15, 0.2) is 0 Å². The molecule has 1 fully saturated rings. The molecule has 1 aliphatic heterocycles. The maximum atomic E-state index is 10.7. The number of hydrogen-bond donors (Lipinski definition) is 3. The number of thiophene rings is 1. The van der Waals surface area contributed by atoms with Gasteiger partial charge in [-0.05, 0) is 6.07 Å². The maximum Gasteiger partial charge on any atom is 0.336 e. The number of aliphatic hydroxyl groups is 1. The second-order valence-electron chi connectivity index (χ2n) is 4.24. The number of nitrogens with one attached hydrogen (secondary N) is 1. The summed E-state index contributed by atoms with van der Waals surface area (Å²) in [5.41, 5.74) is -0.456. The lowest BCUT2D eigenvalue weighted by molar-refractivity contribution is 0.0269. The largest absolute Gasteiger partial charge is 0.478 e. The van der Waals surface area contributed by atoms with Crippen LogP contribution in [0.5, 0.6) is 0 Å². The summed E-state index contributed by atoms with van der Waals surface area (Å²) in [5.74, 6) is -0.907. The summed E-state index contributed by atoms with van der Waals surface area (Å²) in [4.78, 5) is 11.6. The zero-order valence-electron chi connectivity index (χ0n) is 9.31. The summed E-state index contributed by atoms with van der Waals surface area (Å²) in [5, 5.41) is 23.5. The van der Waals surface area contributed by atoms with Crippen LogP contribution in [-0.2, 0) is 11.3 Å². The third-order valence-corrected chi connectivity index (χ3v) is 3.67. The van der Waals surface area contributed by atoms with Crippen molar-refractivity contribution in [2.24, 2.45) is 0 Å². The van der Waals surface area contributed by atoms with Crippen LogP contribution < -0.4 is 5.32 Å². The first-order valence-corrected chi connectivity index (χ1v) is 6.29. The van der Waals surface area contributed by atoms with E-state index in [1.165, 1.54) is 11.3 Å². The van der Waals surface area contributed by atoms with Gasteiger partial charge in [0.25, 0.3) is 0 Å². The lowest BCUT2D eigenvalue weighted by Gasteiger charge is -2.20. The molecule has 1 unspecified atom stereocenters. The SMILES string of the molecule is O=C(O)c1csc(CNCC2(O)CCOC2)c1. The molecule has 6 heteroatoms. The van der Waals surface area contributed by atoms with Gasteiger partial charge >= 0.3 is 5.97 Å². The van der Waals surface area contributed by atoms with Gasteiger partial charge in [-0.15, -0.1) is 11.3 Å². The average Bonchev–Trinajstić information content (AvgIpc) is 2.88. The van der Waals surface area contributed by atoms with E-state index >= 15 is 0 Å². The third kappa shape index (κ3) is 3.26. The normalized spacial score (nSPS) is 24.1. The standard InChI is InChI=1S/C11H15NO4S/c13-10(14)8-3-9(17-5-8)4-12-6-11(15)1-2-16-7-11/h3,5,12,15H,1-2,4,6-7H2,(H,13,14). The van der Waals surface area contributed by atoms with Gasteiger partial charge in [0.1, 0.15) is 5.60 Å². The fourth-order valence-electron chi connectivity index (χ4n) is 1.74. The van der Waals surface area contributed by atoms with Crippen molar-refractivity contribution >= 4 is 17.3 Å².